The molecule has 1 atom stereocenters. The predicted octanol–water partition coefficient (Wildman–Crippen LogP) is 3.52. The van der Waals surface area contributed by atoms with E-state index in [2.05, 4.69) is 35.1 Å². The first kappa shape index (κ1) is 15.8. The van der Waals surface area contributed by atoms with E-state index in [1.807, 2.05) is 4.68 Å². The normalized spacial score (nSPS) is 18.4. The second-order valence-corrected chi connectivity index (χ2v) is 5.92. The van der Waals surface area contributed by atoms with Crippen LogP contribution in [0.3, 0.4) is 0 Å². The minimum Gasteiger partial charge on any atom is -0.369 e. The monoisotopic (exact) mass is 345 g/mol. The molecule has 0 aromatic carbocycles. The Kier molecular flexibility index (Phi) is 5.46. The van der Waals surface area contributed by atoms with Crippen molar-refractivity contribution in [1.82, 2.24) is 9.78 Å². The summed E-state index contributed by atoms with van der Waals surface area (Å²) in [5.74, 6) is 1.52. The molecular formula is C14H24BrN3O2. The zero-order valence-corrected chi connectivity index (χ0v) is 14.2. The van der Waals surface area contributed by atoms with E-state index in [-0.39, 0.29) is 12.3 Å². The van der Waals surface area contributed by atoms with Gasteiger partial charge in [-0.1, -0.05) is 13.8 Å². The lowest BCUT2D eigenvalue weighted by Crippen LogP contribution is -2.34. The molecule has 5 nitrogen and oxygen atoms in total. The number of aromatic nitrogens is 2. The maximum Gasteiger partial charge on any atom is 0.179 e. The number of rotatable bonds is 6. The number of fused-ring (bicyclic) bond motifs is 1. The Morgan fingerprint density at radius 3 is 2.55 bits per heavy atom. The van der Waals surface area contributed by atoms with E-state index < -0.39 is 0 Å². The van der Waals surface area contributed by atoms with Crippen LogP contribution in [0.2, 0.25) is 0 Å². The highest BCUT2D eigenvalue weighted by Crippen LogP contribution is 2.39. The second-order valence-electron chi connectivity index (χ2n) is 5.13. The van der Waals surface area contributed by atoms with Crippen molar-refractivity contribution < 1.29 is 9.47 Å². The van der Waals surface area contributed by atoms with Gasteiger partial charge in [-0.25, -0.2) is 4.68 Å². The molecule has 0 bridgehead atoms. The lowest BCUT2D eigenvalue weighted by molar-refractivity contribution is -0.135. The SMILES string of the molecule is CCC(CC)c1nn2c(c1Br)NCCC2C(OC)OC. The van der Waals surface area contributed by atoms with Gasteiger partial charge in [0.25, 0.3) is 0 Å². The van der Waals surface area contributed by atoms with Gasteiger partial charge < -0.3 is 14.8 Å². The van der Waals surface area contributed by atoms with Crippen molar-refractivity contribution in [3.8, 4) is 0 Å². The highest BCUT2D eigenvalue weighted by atomic mass is 79.9. The van der Waals surface area contributed by atoms with Crippen LogP contribution in [0.15, 0.2) is 4.47 Å². The summed E-state index contributed by atoms with van der Waals surface area (Å²) >= 11 is 3.71. The quantitative estimate of drug-likeness (QED) is 0.801. The van der Waals surface area contributed by atoms with Crippen LogP contribution in [-0.4, -0.2) is 36.8 Å². The summed E-state index contributed by atoms with van der Waals surface area (Å²) in [6, 6.07) is 0.112. The van der Waals surface area contributed by atoms with Gasteiger partial charge in [-0.15, -0.1) is 0 Å². The Bertz CT molecular complexity index is 442. The van der Waals surface area contributed by atoms with E-state index in [0.717, 1.165) is 41.8 Å². The molecule has 2 heterocycles. The molecule has 1 aromatic heterocycles. The van der Waals surface area contributed by atoms with Crippen molar-refractivity contribution in [3.63, 3.8) is 0 Å². The van der Waals surface area contributed by atoms with E-state index in [9.17, 15) is 0 Å². The molecule has 0 saturated heterocycles. The molecule has 0 aliphatic carbocycles. The summed E-state index contributed by atoms with van der Waals surface area (Å²) in [4.78, 5) is 0. The summed E-state index contributed by atoms with van der Waals surface area (Å²) < 4.78 is 14.0. The maximum absolute atomic E-state index is 5.43. The molecule has 1 aliphatic rings. The van der Waals surface area contributed by atoms with Crippen molar-refractivity contribution in [2.45, 2.75) is 51.4 Å². The third-order valence-electron chi connectivity index (χ3n) is 4.08. The van der Waals surface area contributed by atoms with Crippen molar-refractivity contribution in [2.24, 2.45) is 0 Å². The number of nitrogens with zero attached hydrogens (tertiary/aromatic N) is 2. The van der Waals surface area contributed by atoms with E-state index in [1.165, 1.54) is 0 Å². The van der Waals surface area contributed by atoms with Crippen molar-refractivity contribution >= 4 is 21.7 Å². The Balaban J connectivity index is 2.39. The summed E-state index contributed by atoms with van der Waals surface area (Å²) in [6.45, 7) is 5.31. The first-order valence-corrected chi connectivity index (χ1v) is 8.04. The van der Waals surface area contributed by atoms with Crippen LogP contribution < -0.4 is 5.32 Å². The van der Waals surface area contributed by atoms with E-state index in [0.29, 0.717) is 5.92 Å². The summed E-state index contributed by atoms with van der Waals surface area (Å²) in [5.41, 5.74) is 1.13. The molecule has 0 saturated carbocycles. The van der Waals surface area contributed by atoms with E-state index >= 15 is 0 Å². The van der Waals surface area contributed by atoms with Crippen molar-refractivity contribution in [1.29, 1.82) is 0 Å². The van der Waals surface area contributed by atoms with Crippen LogP contribution in [0.5, 0.6) is 0 Å². The number of anilines is 1. The van der Waals surface area contributed by atoms with Crippen molar-refractivity contribution in [2.75, 3.05) is 26.1 Å². The minimum atomic E-state index is -0.266. The largest absolute Gasteiger partial charge is 0.369 e. The molecule has 6 heteroatoms. The predicted molar refractivity (Wildman–Crippen MR) is 83.2 cm³/mol. The van der Waals surface area contributed by atoms with Gasteiger partial charge in [0, 0.05) is 26.7 Å². The van der Waals surface area contributed by atoms with Crippen LogP contribution in [0.4, 0.5) is 5.82 Å². The molecule has 0 amide bonds. The molecule has 20 heavy (non-hydrogen) atoms. The fourth-order valence-electron chi connectivity index (χ4n) is 2.89. The molecule has 114 valence electrons. The van der Waals surface area contributed by atoms with Gasteiger partial charge in [0.05, 0.1) is 10.2 Å². The molecule has 1 aromatic rings. The van der Waals surface area contributed by atoms with Crippen LogP contribution >= 0.6 is 15.9 Å². The van der Waals surface area contributed by atoms with Crippen LogP contribution in [-0.2, 0) is 9.47 Å². The number of hydrogen-bond donors (Lipinski definition) is 1. The number of halogens is 1. The maximum atomic E-state index is 5.43. The van der Waals surface area contributed by atoms with Crippen molar-refractivity contribution in [3.05, 3.63) is 10.2 Å². The average Bonchev–Trinajstić information content (AvgIpc) is 2.80. The Hall–Kier alpha value is -0.590. The summed E-state index contributed by atoms with van der Waals surface area (Å²) in [6.07, 6.45) is 2.86. The highest BCUT2D eigenvalue weighted by molar-refractivity contribution is 9.10. The third kappa shape index (κ3) is 2.73. The number of methoxy groups -OCH3 is 2. The summed E-state index contributed by atoms with van der Waals surface area (Å²) in [5, 5.41) is 8.27. The standard InChI is InChI=1S/C14H24BrN3O2/c1-5-9(6-2)12-11(15)13-16-8-7-10(18(13)17-12)14(19-3)20-4/h9-10,14,16H,5-8H2,1-4H3. The molecular weight excluding hydrogens is 322 g/mol. The van der Waals surface area contributed by atoms with Crippen LogP contribution in [0.25, 0.3) is 0 Å². The highest BCUT2D eigenvalue weighted by Gasteiger charge is 2.32. The molecule has 0 radical (unpaired) electrons. The fourth-order valence-corrected chi connectivity index (χ4v) is 3.61. The fraction of sp³-hybridized carbons (Fsp3) is 0.786. The van der Waals surface area contributed by atoms with Gasteiger partial charge in [-0.2, -0.15) is 5.10 Å². The molecule has 1 N–H and O–H groups in total. The zero-order chi connectivity index (χ0) is 14.7. The molecule has 0 spiro atoms. The average molecular weight is 346 g/mol. The Labute approximate surface area is 129 Å². The number of nitrogens with one attached hydrogen (secondary N) is 1. The number of hydrogen-bond acceptors (Lipinski definition) is 4. The van der Waals surface area contributed by atoms with E-state index in [1.54, 1.807) is 14.2 Å². The van der Waals surface area contributed by atoms with Gasteiger partial charge in [0.1, 0.15) is 11.9 Å². The van der Waals surface area contributed by atoms with Gasteiger partial charge in [-0.05, 0) is 35.2 Å². The Morgan fingerprint density at radius 2 is 2.00 bits per heavy atom. The molecule has 1 aliphatic heterocycles. The Morgan fingerprint density at radius 1 is 1.35 bits per heavy atom. The van der Waals surface area contributed by atoms with Gasteiger partial charge in [0.2, 0.25) is 0 Å². The first-order valence-electron chi connectivity index (χ1n) is 7.25. The van der Waals surface area contributed by atoms with Gasteiger partial charge in [-0.3, -0.25) is 0 Å². The molecule has 1 unspecified atom stereocenters. The smallest absolute Gasteiger partial charge is 0.179 e. The van der Waals surface area contributed by atoms with Gasteiger partial charge in [0.15, 0.2) is 6.29 Å². The second kappa shape index (κ2) is 6.91. The molecule has 0 fully saturated rings. The topological polar surface area (TPSA) is 48.3 Å². The minimum absolute atomic E-state index is 0.112. The zero-order valence-electron chi connectivity index (χ0n) is 12.6. The van der Waals surface area contributed by atoms with Crippen LogP contribution in [0, 0.1) is 0 Å². The molecule has 2 rings (SSSR count). The lowest BCUT2D eigenvalue weighted by Gasteiger charge is -2.30. The van der Waals surface area contributed by atoms with Crippen LogP contribution in [0.1, 0.15) is 50.8 Å². The lowest BCUT2D eigenvalue weighted by atomic mass is 10.00. The number of ether oxygens (including phenoxy) is 2. The van der Waals surface area contributed by atoms with Gasteiger partial charge >= 0.3 is 0 Å². The third-order valence-corrected chi connectivity index (χ3v) is 4.86. The summed E-state index contributed by atoms with van der Waals surface area (Å²) in [7, 11) is 3.35. The van der Waals surface area contributed by atoms with E-state index in [4.69, 9.17) is 14.6 Å². The first-order chi connectivity index (χ1) is 9.67.